The Morgan fingerprint density at radius 1 is 1.37 bits per heavy atom. The highest BCUT2D eigenvalue weighted by atomic mass is 79.9. The molecule has 2 unspecified atom stereocenters. The first-order valence-corrected chi connectivity index (χ1v) is 8.17. The molecule has 3 heteroatoms. The van der Waals surface area contributed by atoms with Crippen LogP contribution in [0.1, 0.15) is 39.0 Å². The highest BCUT2D eigenvalue weighted by Gasteiger charge is 2.56. The minimum Gasteiger partial charge on any atom is -0.382 e. The van der Waals surface area contributed by atoms with Crippen LogP contribution in [0.3, 0.4) is 0 Å². The van der Waals surface area contributed by atoms with Crippen LogP contribution in [0.4, 0.5) is 5.69 Å². The molecule has 1 aromatic rings. The Hall–Kier alpha value is -0.540. The Morgan fingerprint density at radius 3 is 2.84 bits per heavy atom. The predicted molar refractivity (Wildman–Crippen MR) is 82.5 cm³/mol. The van der Waals surface area contributed by atoms with Gasteiger partial charge in [0, 0.05) is 28.2 Å². The van der Waals surface area contributed by atoms with Crippen LogP contribution in [0.5, 0.6) is 0 Å². The van der Waals surface area contributed by atoms with Gasteiger partial charge in [0.15, 0.2) is 0 Å². The monoisotopic (exact) mass is 323 g/mol. The van der Waals surface area contributed by atoms with Crippen molar-refractivity contribution < 1.29 is 4.74 Å². The average molecular weight is 324 g/mol. The number of anilines is 1. The summed E-state index contributed by atoms with van der Waals surface area (Å²) in [5, 5.41) is 3.73. The molecular weight excluding hydrogens is 302 g/mol. The Morgan fingerprint density at radius 2 is 2.16 bits per heavy atom. The molecular formula is C16H22BrNO. The van der Waals surface area contributed by atoms with E-state index in [4.69, 9.17) is 4.74 Å². The number of hydrogen-bond acceptors (Lipinski definition) is 2. The van der Waals surface area contributed by atoms with Crippen LogP contribution in [0, 0.1) is 5.41 Å². The fourth-order valence-electron chi connectivity index (χ4n) is 3.87. The SMILES string of the molecule is CCOC1CC(Nc2cccc(Br)c2)C12CCCC2. The molecule has 2 fully saturated rings. The number of nitrogens with one attached hydrogen (secondary N) is 1. The number of benzene rings is 1. The van der Waals surface area contributed by atoms with Gasteiger partial charge in [-0.3, -0.25) is 0 Å². The van der Waals surface area contributed by atoms with Crippen molar-refractivity contribution in [1.82, 2.24) is 0 Å². The molecule has 0 radical (unpaired) electrons. The van der Waals surface area contributed by atoms with Gasteiger partial charge in [0.1, 0.15) is 0 Å². The molecule has 0 heterocycles. The maximum absolute atomic E-state index is 5.96. The van der Waals surface area contributed by atoms with Crippen molar-refractivity contribution in [2.24, 2.45) is 5.41 Å². The highest BCUT2D eigenvalue weighted by molar-refractivity contribution is 9.10. The van der Waals surface area contributed by atoms with E-state index in [1.54, 1.807) is 0 Å². The summed E-state index contributed by atoms with van der Waals surface area (Å²) in [7, 11) is 0. The summed E-state index contributed by atoms with van der Waals surface area (Å²) in [6, 6.07) is 9.06. The maximum Gasteiger partial charge on any atom is 0.0670 e. The molecule has 1 spiro atoms. The molecule has 0 bridgehead atoms. The maximum atomic E-state index is 5.96. The number of rotatable bonds is 4. The lowest BCUT2D eigenvalue weighted by atomic mass is 9.60. The zero-order valence-corrected chi connectivity index (χ0v) is 13.1. The highest BCUT2D eigenvalue weighted by Crippen LogP contribution is 2.55. The fraction of sp³-hybridized carbons (Fsp3) is 0.625. The molecule has 0 aliphatic heterocycles. The zero-order chi connectivity index (χ0) is 13.3. The van der Waals surface area contributed by atoms with E-state index >= 15 is 0 Å². The molecule has 1 N–H and O–H groups in total. The summed E-state index contributed by atoms with van der Waals surface area (Å²) in [5.41, 5.74) is 1.62. The molecule has 19 heavy (non-hydrogen) atoms. The van der Waals surface area contributed by atoms with Crippen LogP contribution in [-0.4, -0.2) is 18.8 Å². The largest absolute Gasteiger partial charge is 0.382 e. The van der Waals surface area contributed by atoms with Crippen LogP contribution in [0.15, 0.2) is 28.7 Å². The number of halogens is 1. The third kappa shape index (κ3) is 2.43. The van der Waals surface area contributed by atoms with E-state index in [0.29, 0.717) is 17.6 Å². The Bertz CT molecular complexity index is 442. The first kappa shape index (κ1) is 13.4. The zero-order valence-electron chi connectivity index (χ0n) is 11.5. The molecule has 1 aromatic carbocycles. The average Bonchev–Trinajstić information content (AvgIpc) is 2.90. The minimum atomic E-state index is 0.401. The normalized spacial score (nSPS) is 28.3. The lowest BCUT2D eigenvalue weighted by molar-refractivity contribution is -0.114. The third-order valence-electron chi connectivity index (χ3n) is 4.85. The van der Waals surface area contributed by atoms with E-state index < -0.39 is 0 Å². The van der Waals surface area contributed by atoms with Crippen molar-refractivity contribution in [3.05, 3.63) is 28.7 Å². The summed E-state index contributed by atoms with van der Waals surface area (Å²) in [6.07, 6.45) is 7.00. The van der Waals surface area contributed by atoms with Gasteiger partial charge in [0.25, 0.3) is 0 Å². The number of ether oxygens (including phenoxy) is 1. The van der Waals surface area contributed by atoms with Crippen molar-refractivity contribution in [2.75, 3.05) is 11.9 Å². The van der Waals surface area contributed by atoms with E-state index in [1.807, 2.05) is 0 Å². The molecule has 2 nitrogen and oxygen atoms in total. The van der Waals surface area contributed by atoms with E-state index in [9.17, 15) is 0 Å². The predicted octanol–water partition coefficient (Wildman–Crippen LogP) is 4.60. The molecule has 0 aromatic heterocycles. The van der Waals surface area contributed by atoms with E-state index in [1.165, 1.54) is 31.4 Å². The minimum absolute atomic E-state index is 0.401. The smallest absolute Gasteiger partial charge is 0.0670 e. The third-order valence-corrected chi connectivity index (χ3v) is 5.35. The van der Waals surface area contributed by atoms with Gasteiger partial charge < -0.3 is 10.1 Å². The van der Waals surface area contributed by atoms with Crippen molar-refractivity contribution in [2.45, 2.75) is 51.2 Å². The van der Waals surface area contributed by atoms with Crippen LogP contribution < -0.4 is 5.32 Å². The first-order chi connectivity index (χ1) is 9.24. The molecule has 2 atom stereocenters. The fourth-order valence-corrected chi connectivity index (χ4v) is 4.27. The van der Waals surface area contributed by atoms with Crippen LogP contribution >= 0.6 is 15.9 Å². The molecule has 104 valence electrons. The Balaban J connectivity index is 1.72. The molecule has 2 aliphatic rings. The number of hydrogen-bond donors (Lipinski definition) is 1. The van der Waals surface area contributed by atoms with Crippen molar-refractivity contribution >= 4 is 21.6 Å². The summed E-state index contributed by atoms with van der Waals surface area (Å²) < 4.78 is 7.10. The second kappa shape index (κ2) is 5.45. The summed E-state index contributed by atoms with van der Waals surface area (Å²) in [4.78, 5) is 0. The molecule has 0 amide bonds. The van der Waals surface area contributed by atoms with Gasteiger partial charge in [-0.15, -0.1) is 0 Å². The van der Waals surface area contributed by atoms with Crippen molar-refractivity contribution in [1.29, 1.82) is 0 Å². The van der Waals surface area contributed by atoms with Gasteiger partial charge in [0.05, 0.1) is 6.10 Å². The van der Waals surface area contributed by atoms with Gasteiger partial charge >= 0.3 is 0 Å². The Kier molecular flexibility index (Phi) is 3.86. The van der Waals surface area contributed by atoms with Crippen molar-refractivity contribution in [3.8, 4) is 0 Å². The van der Waals surface area contributed by atoms with Crippen molar-refractivity contribution in [3.63, 3.8) is 0 Å². The molecule has 3 rings (SSSR count). The summed E-state index contributed by atoms with van der Waals surface area (Å²) in [6.45, 7) is 2.95. The summed E-state index contributed by atoms with van der Waals surface area (Å²) >= 11 is 3.54. The summed E-state index contributed by atoms with van der Waals surface area (Å²) in [5.74, 6) is 0. The van der Waals surface area contributed by atoms with E-state index in [-0.39, 0.29) is 0 Å². The molecule has 0 saturated heterocycles. The standard InChI is InChI=1S/C16H22BrNO/c1-2-19-15-11-14(16(15)8-3-4-9-16)18-13-7-5-6-12(17)10-13/h5-7,10,14-15,18H,2-4,8-9,11H2,1H3. The second-order valence-electron chi connectivity index (χ2n) is 5.83. The van der Waals surface area contributed by atoms with Gasteiger partial charge in [-0.1, -0.05) is 34.8 Å². The molecule has 2 aliphatic carbocycles. The van der Waals surface area contributed by atoms with Gasteiger partial charge in [-0.2, -0.15) is 0 Å². The van der Waals surface area contributed by atoms with Crippen LogP contribution in [0.2, 0.25) is 0 Å². The molecule has 2 saturated carbocycles. The Labute approximate surface area is 124 Å². The lowest BCUT2D eigenvalue weighted by Crippen LogP contribution is -2.60. The topological polar surface area (TPSA) is 21.3 Å². The van der Waals surface area contributed by atoms with Gasteiger partial charge in [0.2, 0.25) is 0 Å². The van der Waals surface area contributed by atoms with E-state index in [0.717, 1.165) is 17.5 Å². The first-order valence-electron chi connectivity index (χ1n) is 7.38. The van der Waals surface area contributed by atoms with Crippen LogP contribution in [-0.2, 0) is 4.74 Å². The second-order valence-corrected chi connectivity index (χ2v) is 6.74. The van der Waals surface area contributed by atoms with Crippen LogP contribution in [0.25, 0.3) is 0 Å². The van der Waals surface area contributed by atoms with Gasteiger partial charge in [-0.25, -0.2) is 0 Å². The van der Waals surface area contributed by atoms with Gasteiger partial charge in [-0.05, 0) is 44.4 Å². The van der Waals surface area contributed by atoms with E-state index in [2.05, 4.69) is 52.4 Å². The lowest BCUT2D eigenvalue weighted by Gasteiger charge is -2.54. The quantitative estimate of drug-likeness (QED) is 0.874.